The van der Waals surface area contributed by atoms with Crippen LogP contribution in [0.2, 0.25) is 0 Å². The van der Waals surface area contributed by atoms with E-state index in [1.165, 1.54) is 0 Å². The lowest BCUT2D eigenvalue weighted by Crippen LogP contribution is -1.94. The molecular formula is C11H15O2. The quantitative estimate of drug-likeness (QED) is 0.646. The normalized spacial score (nSPS) is 10.0. The van der Waals surface area contributed by atoms with Crippen LogP contribution in [0.15, 0.2) is 24.3 Å². The number of benzene rings is 1. The zero-order valence-electron chi connectivity index (χ0n) is 7.95. The highest BCUT2D eigenvalue weighted by atomic mass is 16.5. The maximum atomic E-state index is 5.35. The van der Waals surface area contributed by atoms with E-state index in [1.54, 1.807) is 7.11 Å². The van der Waals surface area contributed by atoms with Crippen LogP contribution in [0.1, 0.15) is 12.0 Å². The van der Waals surface area contributed by atoms with Crippen molar-refractivity contribution in [3.63, 3.8) is 0 Å². The number of methoxy groups -OCH3 is 1. The SMILES string of the molecule is [CH2]CCOCc1cccc(OC)c1. The van der Waals surface area contributed by atoms with Gasteiger partial charge in [-0.25, -0.2) is 0 Å². The van der Waals surface area contributed by atoms with Crippen LogP contribution < -0.4 is 4.74 Å². The summed E-state index contributed by atoms with van der Waals surface area (Å²) in [5.41, 5.74) is 1.13. The molecule has 0 unspecified atom stereocenters. The van der Waals surface area contributed by atoms with Crippen LogP contribution in [0.3, 0.4) is 0 Å². The molecule has 2 nitrogen and oxygen atoms in total. The largest absolute Gasteiger partial charge is 0.497 e. The zero-order valence-corrected chi connectivity index (χ0v) is 7.95. The molecule has 0 saturated carbocycles. The fraction of sp³-hybridized carbons (Fsp3) is 0.364. The first-order valence-corrected chi connectivity index (χ1v) is 4.36. The minimum atomic E-state index is 0.632. The Kier molecular flexibility index (Phi) is 4.33. The van der Waals surface area contributed by atoms with Crippen molar-refractivity contribution < 1.29 is 9.47 Å². The molecular weight excluding hydrogens is 164 g/mol. The Morgan fingerprint density at radius 1 is 1.38 bits per heavy atom. The van der Waals surface area contributed by atoms with Crippen LogP contribution in [0.4, 0.5) is 0 Å². The van der Waals surface area contributed by atoms with Crippen LogP contribution in [-0.2, 0) is 11.3 Å². The molecule has 1 aromatic rings. The molecule has 2 heteroatoms. The zero-order chi connectivity index (χ0) is 9.52. The summed E-state index contributed by atoms with van der Waals surface area (Å²) >= 11 is 0. The van der Waals surface area contributed by atoms with Gasteiger partial charge in [-0.3, -0.25) is 0 Å². The first-order chi connectivity index (χ1) is 6.36. The molecule has 1 rings (SSSR count). The standard InChI is InChI=1S/C11H15O2/c1-3-7-13-9-10-5-4-6-11(8-10)12-2/h4-6,8H,1,3,7,9H2,2H3. The minimum absolute atomic E-state index is 0.632. The van der Waals surface area contributed by atoms with Gasteiger partial charge in [0, 0.05) is 6.61 Å². The van der Waals surface area contributed by atoms with Gasteiger partial charge in [0.2, 0.25) is 0 Å². The number of ether oxygens (including phenoxy) is 2. The molecule has 0 heterocycles. The van der Waals surface area contributed by atoms with Crippen molar-refractivity contribution >= 4 is 0 Å². The van der Waals surface area contributed by atoms with E-state index in [2.05, 4.69) is 6.92 Å². The van der Waals surface area contributed by atoms with Crippen LogP contribution in [0.5, 0.6) is 5.75 Å². The highest BCUT2D eigenvalue weighted by Gasteiger charge is 1.94. The summed E-state index contributed by atoms with van der Waals surface area (Å²) in [5, 5.41) is 0. The molecule has 0 aliphatic rings. The predicted octanol–water partition coefficient (Wildman–Crippen LogP) is 2.44. The van der Waals surface area contributed by atoms with Gasteiger partial charge in [0.1, 0.15) is 5.75 Å². The molecule has 13 heavy (non-hydrogen) atoms. The topological polar surface area (TPSA) is 18.5 Å². The van der Waals surface area contributed by atoms with E-state index < -0.39 is 0 Å². The lowest BCUT2D eigenvalue weighted by atomic mass is 10.2. The van der Waals surface area contributed by atoms with Crippen LogP contribution in [0.25, 0.3) is 0 Å². The molecule has 0 amide bonds. The number of rotatable bonds is 5. The summed E-state index contributed by atoms with van der Waals surface area (Å²) in [4.78, 5) is 0. The minimum Gasteiger partial charge on any atom is -0.497 e. The average molecular weight is 179 g/mol. The Hall–Kier alpha value is -1.02. The molecule has 0 spiro atoms. The third-order valence-electron chi connectivity index (χ3n) is 1.69. The monoisotopic (exact) mass is 179 g/mol. The van der Waals surface area contributed by atoms with Crippen molar-refractivity contribution in [3.8, 4) is 5.75 Å². The van der Waals surface area contributed by atoms with E-state index in [0.717, 1.165) is 17.7 Å². The molecule has 1 radical (unpaired) electrons. The Bertz CT molecular complexity index is 246. The second-order valence-electron chi connectivity index (χ2n) is 2.76. The Balaban J connectivity index is 2.46. The van der Waals surface area contributed by atoms with E-state index in [-0.39, 0.29) is 0 Å². The Labute approximate surface area is 79.5 Å². The van der Waals surface area contributed by atoms with Gasteiger partial charge < -0.3 is 9.47 Å². The van der Waals surface area contributed by atoms with Crippen molar-refractivity contribution in [2.45, 2.75) is 13.0 Å². The molecule has 0 N–H and O–H groups in total. The molecule has 0 bridgehead atoms. The van der Waals surface area contributed by atoms with Crippen molar-refractivity contribution in [1.29, 1.82) is 0 Å². The van der Waals surface area contributed by atoms with Gasteiger partial charge in [-0.1, -0.05) is 19.1 Å². The van der Waals surface area contributed by atoms with E-state index in [4.69, 9.17) is 9.47 Å². The lowest BCUT2D eigenvalue weighted by Gasteiger charge is -2.04. The molecule has 0 aromatic heterocycles. The van der Waals surface area contributed by atoms with Crippen molar-refractivity contribution in [2.75, 3.05) is 13.7 Å². The van der Waals surface area contributed by atoms with Crippen molar-refractivity contribution in [3.05, 3.63) is 36.8 Å². The van der Waals surface area contributed by atoms with Crippen molar-refractivity contribution in [1.82, 2.24) is 0 Å². The molecule has 0 atom stereocenters. The summed E-state index contributed by atoms with van der Waals surface area (Å²) in [6, 6.07) is 7.88. The predicted molar refractivity (Wildman–Crippen MR) is 52.6 cm³/mol. The number of hydrogen-bond donors (Lipinski definition) is 0. The van der Waals surface area contributed by atoms with E-state index in [9.17, 15) is 0 Å². The molecule has 0 aliphatic carbocycles. The highest BCUT2D eigenvalue weighted by Crippen LogP contribution is 2.13. The molecule has 0 fully saturated rings. The third-order valence-corrected chi connectivity index (χ3v) is 1.69. The van der Waals surface area contributed by atoms with Gasteiger partial charge in [0.25, 0.3) is 0 Å². The molecule has 0 aliphatic heterocycles. The lowest BCUT2D eigenvalue weighted by molar-refractivity contribution is 0.125. The van der Waals surface area contributed by atoms with Crippen LogP contribution in [-0.4, -0.2) is 13.7 Å². The molecule has 1 aromatic carbocycles. The summed E-state index contributed by atoms with van der Waals surface area (Å²) in [7, 11) is 1.66. The maximum Gasteiger partial charge on any atom is 0.119 e. The van der Waals surface area contributed by atoms with Gasteiger partial charge in [-0.2, -0.15) is 0 Å². The fourth-order valence-electron chi connectivity index (χ4n) is 1.05. The Morgan fingerprint density at radius 2 is 2.23 bits per heavy atom. The second-order valence-corrected chi connectivity index (χ2v) is 2.76. The summed E-state index contributed by atoms with van der Waals surface area (Å²) in [5.74, 6) is 0.871. The van der Waals surface area contributed by atoms with E-state index >= 15 is 0 Å². The third kappa shape index (κ3) is 3.47. The number of hydrogen-bond acceptors (Lipinski definition) is 2. The van der Waals surface area contributed by atoms with Crippen molar-refractivity contribution in [2.24, 2.45) is 0 Å². The summed E-state index contributed by atoms with van der Waals surface area (Å²) < 4.78 is 10.4. The second kappa shape index (κ2) is 5.60. The molecule has 71 valence electrons. The van der Waals surface area contributed by atoms with Gasteiger partial charge in [0.15, 0.2) is 0 Å². The van der Waals surface area contributed by atoms with Crippen LogP contribution in [0, 0.1) is 6.92 Å². The fourth-order valence-corrected chi connectivity index (χ4v) is 1.05. The smallest absolute Gasteiger partial charge is 0.119 e. The summed E-state index contributed by atoms with van der Waals surface area (Å²) in [6.07, 6.45) is 0.809. The van der Waals surface area contributed by atoms with E-state index in [1.807, 2.05) is 24.3 Å². The molecule has 0 saturated heterocycles. The first-order valence-electron chi connectivity index (χ1n) is 4.36. The summed E-state index contributed by atoms with van der Waals surface area (Å²) in [6.45, 7) is 5.04. The maximum absolute atomic E-state index is 5.35. The Morgan fingerprint density at radius 3 is 2.92 bits per heavy atom. The van der Waals surface area contributed by atoms with Gasteiger partial charge >= 0.3 is 0 Å². The highest BCUT2D eigenvalue weighted by molar-refractivity contribution is 5.27. The van der Waals surface area contributed by atoms with Gasteiger partial charge in [-0.15, -0.1) is 0 Å². The van der Waals surface area contributed by atoms with Crippen LogP contribution >= 0.6 is 0 Å². The first kappa shape index (κ1) is 10.1. The van der Waals surface area contributed by atoms with E-state index in [0.29, 0.717) is 13.2 Å². The van der Waals surface area contributed by atoms with Gasteiger partial charge in [-0.05, 0) is 24.1 Å². The van der Waals surface area contributed by atoms with Gasteiger partial charge in [0.05, 0.1) is 13.7 Å². The average Bonchev–Trinajstić information content (AvgIpc) is 2.19.